The van der Waals surface area contributed by atoms with Crippen LogP contribution in [0.3, 0.4) is 0 Å². The zero-order valence-corrected chi connectivity index (χ0v) is 15.1. The Morgan fingerprint density at radius 1 is 1.19 bits per heavy atom. The highest BCUT2D eigenvalue weighted by Crippen LogP contribution is 2.32. The molecule has 3 amide bonds. The second-order valence-electron chi connectivity index (χ2n) is 6.51. The van der Waals surface area contributed by atoms with Crippen LogP contribution in [0, 0.1) is 0 Å². The molecule has 27 heavy (non-hydrogen) atoms. The molecule has 0 saturated heterocycles. The molecule has 0 bridgehead atoms. The smallest absolute Gasteiger partial charge is 0.338 e. The van der Waals surface area contributed by atoms with Crippen molar-refractivity contribution in [2.24, 2.45) is 5.73 Å². The van der Waals surface area contributed by atoms with E-state index in [0.717, 1.165) is 17.7 Å². The van der Waals surface area contributed by atoms with Crippen LogP contribution in [0.5, 0.6) is 0 Å². The van der Waals surface area contributed by atoms with E-state index in [1.807, 2.05) is 31.2 Å². The van der Waals surface area contributed by atoms with Crippen molar-refractivity contribution in [1.82, 2.24) is 0 Å². The molecule has 7 nitrogen and oxygen atoms in total. The molecule has 1 heterocycles. The second kappa shape index (κ2) is 7.49. The van der Waals surface area contributed by atoms with Crippen molar-refractivity contribution in [3.8, 4) is 0 Å². The number of nitrogens with two attached hydrogens (primary N) is 1. The van der Waals surface area contributed by atoms with Crippen LogP contribution >= 0.6 is 0 Å². The summed E-state index contributed by atoms with van der Waals surface area (Å²) in [6.07, 6.45) is -0.178. The van der Waals surface area contributed by atoms with Gasteiger partial charge >= 0.3 is 12.0 Å². The molecule has 2 aromatic rings. The Labute approximate surface area is 157 Å². The summed E-state index contributed by atoms with van der Waals surface area (Å²) in [4.78, 5) is 37.9. The number of ether oxygens (including phenoxy) is 1. The molecule has 0 radical (unpaired) electrons. The van der Waals surface area contributed by atoms with E-state index in [-0.39, 0.29) is 17.5 Å². The number of benzene rings is 2. The Morgan fingerprint density at radius 2 is 1.93 bits per heavy atom. The molecule has 3 rings (SSSR count). The number of carbonyl (C=O) groups excluding carboxylic acids is 3. The van der Waals surface area contributed by atoms with Crippen molar-refractivity contribution in [2.75, 3.05) is 10.2 Å². The molecule has 0 spiro atoms. The maximum Gasteiger partial charge on any atom is 0.338 e. The highest BCUT2D eigenvalue weighted by Gasteiger charge is 2.34. The zero-order chi connectivity index (χ0) is 19.6. The largest absolute Gasteiger partial charge is 0.449 e. The summed E-state index contributed by atoms with van der Waals surface area (Å²) in [5, 5.41) is 2.39. The summed E-state index contributed by atoms with van der Waals surface area (Å²) in [6.45, 7) is 3.52. The second-order valence-corrected chi connectivity index (χ2v) is 6.51. The molecule has 3 N–H and O–H groups in total. The van der Waals surface area contributed by atoms with Gasteiger partial charge in [-0.25, -0.2) is 9.59 Å². The van der Waals surface area contributed by atoms with Gasteiger partial charge < -0.3 is 20.7 Å². The Morgan fingerprint density at radius 3 is 2.67 bits per heavy atom. The normalized spacial score (nSPS) is 16.4. The Hall–Kier alpha value is -3.35. The molecule has 140 valence electrons. The number of anilines is 2. The van der Waals surface area contributed by atoms with Crippen molar-refractivity contribution < 1.29 is 19.1 Å². The lowest BCUT2D eigenvalue weighted by Crippen LogP contribution is -2.43. The van der Waals surface area contributed by atoms with Crippen LogP contribution in [0.25, 0.3) is 0 Å². The van der Waals surface area contributed by atoms with E-state index in [9.17, 15) is 14.4 Å². The first-order chi connectivity index (χ1) is 12.9. The van der Waals surface area contributed by atoms with Crippen LogP contribution in [0.15, 0.2) is 48.5 Å². The van der Waals surface area contributed by atoms with E-state index in [0.29, 0.717) is 5.69 Å². The van der Waals surface area contributed by atoms with Crippen molar-refractivity contribution >= 4 is 29.3 Å². The van der Waals surface area contributed by atoms with E-state index >= 15 is 0 Å². The third-order valence-electron chi connectivity index (χ3n) is 4.44. The van der Waals surface area contributed by atoms with Gasteiger partial charge in [-0.15, -0.1) is 0 Å². The average Bonchev–Trinajstić information content (AvgIpc) is 2.96. The molecule has 2 atom stereocenters. The molecular formula is C20H21N3O4. The average molecular weight is 367 g/mol. The predicted octanol–water partition coefficient (Wildman–Crippen LogP) is 2.70. The number of primary amides is 1. The summed E-state index contributed by atoms with van der Waals surface area (Å²) < 4.78 is 5.36. The number of para-hydroxylation sites is 1. The molecular weight excluding hydrogens is 346 g/mol. The van der Waals surface area contributed by atoms with Crippen LogP contribution in [0.2, 0.25) is 0 Å². The van der Waals surface area contributed by atoms with Gasteiger partial charge in [0.25, 0.3) is 5.91 Å². The van der Waals surface area contributed by atoms with E-state index in [1.54, 1.807) is 30.0 Å². The molecule has 0 aromatic heterocycles. The summed E-state index contributed by atoms with van der Waals surface area (Å²) >= 11 is 0. The minimum absolute atomic E-state index is 0.000790. The van der Waals surface area contributed by atoms with Gasteiger partial charge in [-0.3, -0.25) is 4.79 Å². The number of nitrogens with zero attached hydrogens (tertiary/aromatic N) is 1. The van der Waals surface area contributed by atoms with Gasteiger partial charge in [-0.1, -0.05) is 24.3 Å². The first-order valence-electron chi connectivity index (χ1n) is 8.65. The lowest BCUT2D eigenvalue weighted by Gasteiger charge is -2.26. The number of hydrogen-bond acceptors (Lipinski definition) is 4. The first-order valence-corrected chi connectivity index (χ1v) is 8.65. The topological polar surface area (TPSA) is 102 Å². The van der Waals surface area contributed by atoms with Gasteiger partial charge in [0.15, 0.2) is 6.10 Å². The fraction of sp³-hybridized carbons (Fsp3) is 0.250. The van der Waals surface area contributed by atoms with Crippen LogP contribution in [0.1, 0.15) is 29.8 Å². The van der Waals surface area contributed by atoms with Gasteiger partial charge in [-0.2, -0.15) is 0 Å². The van der Waals surface area contributed by atoms with Crippen LogP contribution in [0.4, 0.5) is 16.2 Å². The summed E-state index contributed by atoms with van der Waals surface area (Å²) in [5.74, 6) is -0.920. The maximum absolute atomic E-state index is 12.9. The number of amides is 3. The van der Waals surface area contributed by atoms with Gasteiger partial charge in [0.1, 0.15) is 0 Å². The van der Waals surface area contributed by atoms with Crippen LogP contribution < -0.4 is 16.0 Å². The summed E-state index contributed by atoms with van der Waals surface area (Å²) in [5.41, 5.74) is 7.62. The van der Waals surface area contributed by atoms with Gasteiger partial charge in [0.05, 0.1) is 5.56 Å². The fourth-order valence-electron chi connectivity index (χ4n) is 3.24. The molecule has 1 aliphatic heterocycles. The number of esters is 1. The Bertz CT molecular complexity index is 896. The van der Waals surface area contributed by atoms with Gasteiger partial charge in [-0.05, 0) is 50.1 Å². The molecule has 0 unspecified atom stereocenters. The highest BCUT2D eigenvalue weighted by molar-refractivity contribution is 6.01. The summed E-state index contributed by atoms with van der Waals surface area (Å²) in [7, 11) is 0. The lowest BCUT2D eigenvalue weighted by molar-refractivity contribution is -0.126. The van der Waals surface area contributed by atoms with Crippen molar-refractivity contribution in [3.05, 3.63) is 59.7 Å². The highest BCUT2D eigenvalue weighted by atomic mass is 16.5. The van der Waals surface area contributed by atoms with Gasteiger partial charge in [0, 0.05) is 17.4 Å². The number of carbonyl (C=O) groups is 3. The molecule has 1 aliphatic rings. The SMILES string of the molecule is C[C@@H]1Cc2ccccc2N1C(=O)[C@@H](C)OC(=O)c1cccc(NC(N)=O)c1. The van der Waals surface area contributed by atoms with Crippen molar-refractivity contribution in [2.45, 2.75) is 32.4 Å². The lowest BCUT2D eigenvalue weighted by atomic mass is 10.1. The molecule has 0 saturated carbocycles. The fourth-order valence-corrected chi connectivity index (χ4v) is 3.24. The van der Waals surface area contributed by atoms with Crippen LogP contribution in [-0.4, -0.2) is 30.1 Å². The minimum atomic E-state index is -0.945. The third-order valence-corrected chi connectivity index (χ3v) is 4.44. The van der Waals surface area contributed by atoms with E-state index in [4.69, 9.17) is 10.5 Å². The zero-order valence-electron chi connectivity index (χ0n) is 15.1. The van der Waals surface area contributed by atoms with E-state index < -0.39 is 18.1 Å². The maximum atomic E-state index is 12.9. The number of hydrogen-bond donors (Lipinski definition) is 2. The molecule has 2 aromatic carbocycles. The number of nitrogens with one attached hydrogen (secondary N) is 1. The standard InChI is InChI=1S/C20H21N3O4/c1-12-10-14-6-3-4-9-17(14)23(12)18(24)13(2)27-19(25)15-7-5-8-16(11-15)22-20(21)26/h3-9,11-13H,10H2,1-2H3,(H3,21,22,26)/t12-,13-/m1/s1. The first kappa shape index (κ1) is 18.4. The Balaban J connectivity index is 1.72. The van der Waals surface area contributed by atoms with E-state index in [1.165, 1.54) is 6.07 Å². The van der Waals surface area contributed by atoms with Crippen molar-refractivity contribution in [3.63, 3.8) is 0 Å². The number of urea groups is 1. The van der Waals surface area contributed by atoms with E-state index in [2.05, 4.69) is 5.32 Å². The molecule has 0 fully saturated rings. The van der Waals surface area contributed by atoms with Crippen molar-refractivity contribution in [1.29, 1.82) is 0 Å². The van der Waals surface area contributed by atoms with Crippen LogP contribution in [-0.2, 0) is 16.0 Å². The molecule has 7 heteroatoms. The van der Waals surface area contributed by atoms with Gasteiger partial charge in [0.2, 0.25) is 0 Å². The monoisotopic (exact) mass is 367 g/mol. The summed E-state index contributed by atoms with van der Waals surface area (Å²) in [6, 6.07) is 13.1. The Kier molecular flexibility index (Phi) is 5.12. The number of fused-ring (bicyclic) bond motifs is 1. The third kappa shape index (κ3) is 3.92. The minimum Gasteiger partial charge on any atom is -0.449 e. The molecule has 0 aliphatic carbocycles. The predicted molar refractivity (Wildman–Crippen MR) is 102 cm³/mol. The number of rotatable bonds is 4. The quantitative estimate of drug-likeness (QED) is 0.811.